The first-order valence-corrected chi connectivity index (χ1v) is 8.23. The molecule has 2 aromatic heterocycles. The van der Waals surface area contributed by atoms with Crippen LogP contribution in [0.15, 0.2) is 48.0 Å². The van der Waals surface area contributed by atoms with Crippen LogP contribution in [0.5, 0.6) is 0 Å². The molecule has 0 bridgehead atoms. The van der Waals surface area contributed by atoms with Crippen molar-refractivity contribution in [2.24, 2.45) is 4.99 Å². The fourth-order valence-corrected chi connectivity index (χ4v) is 2.77. The van der Waals surface area contributed by atoms with Crippen molar-refractivity contribution in [3.63, 3.8) is 0 Å². The number of nitrogens with one attached hydrogen (secondary N) is 1. The van der Waals surface area contributed by atoms with Crippen molar-refractivity contribution in [3.05, 3.63) is 48.5 Å². The summed E-state index contributed by atoms with van der Waals surface area (Å²) in [6, 6.07) is 5.90. The molecule has 8 heteroatoms. The first kappa shape index (κ1) is 19.4. The van der Waals surface area contributed by atoms with Crippen molar-refractivity contribution in [2.75, 3.05) is 44.7 Å². The summed E-state index contributed by atoms with van der Waals surface area (Å²) in [5, 5.41) is 3.44. The third-order valence-electron chi connectivity index (χ3n) is 4.05. The molecule has 0 aromatic carbocycles. The predicted molar refractivity (Wildman–Crippen MR) is 111 cm³/mol. The Morgan fingerprint density at radius 3 is 2.52 bits per heavy atom. The van der Waals surface area contributed by atoms with Crippen LogP contribution < -0.4 is 10.2 Å². The minimum Gasteiger partial charge on any atom is -0.356 e. The minimum absolute atomic E-state index is 0. The molecule has 0 aliphatic carbocycles. The van der Waals surface area contributed by atoms with Crippen molar-refractivity contribution < 1.29 is 0 Å². The van der Waals surface area contributed by atoms with Crippen molar-refractivity contribution in [3.8, 4) is 0 Å². The van der Waals surface area contributed by atoms with Gasteiger partial charge in [-0.3, -0.25) is 9.98 Å². The molecule has 3 rings (SSSR count). The zero-order valence-electron chi connectivity index (χ0n) is 14.4. The molecule has 1 N–H and O–H groups in total. The second-order valence-corrected chi connectivity index (χ2v) is 5.61. The van der Waals surface area contributed by atoms with Gasteiger partial charge in [-0.2, -0.15) is 0 Å². The smallest absolute Gasteiger partial charge is 0.225 e. The van der Waals surface area contributed by atoms with E-state index >= 15 is 0 Å². The summed E-state index contributed by atoms with van der Waals surface area (Å²) in [6.07, 6.45) is 8.21. The third kappa shape index (κ3) is 5.52. The maximum absolute atomic E-state index is 4.41. The van der Waals surface area contributed by atoms with E-state index in [0.29, 0.717) is 0 Å². The van der Waals surface area contributed by atoms with E-state index in [1.165, 1.54) is 5.56 Å². The Balaban J connectivity index is 0.00000225. The van der Waals surface area contributed by atoms with Crippen LogP contribution in [0.3, 0.4) is 0 Å². The maximum Gasteiger partial charge on any atom is 0.225 e. The monoisotopic (exact) mass is 453 g/mol. The average Bonchev–Trinajstić information content (AvgIpc) is 2.67. The molecule has 1 aliphatic rings. The number of piperazine rings is 1. The quantitative estimate of drug-likeness (QED) is 0.429. The fraction of sp³-hybridized carbons (Fsp3) is 0.412. The van der Waals surface area contributed by atoms with E-state index in [9.17, 15) is 0 Å². The minimum atomic E-state index is 0. The van der Waals surface area contributed by atoms with Crippen molar-refractivity contribution in [2.45, 2.75) is 6.42 Å². The van der Waals surface area contributed by atoms with Crippen LogP contribution in [0.4, 0.5) is 5.95 Å². The highest BCUT2D eigenvalue weighted by Gasteiger charge is 2.20. The Hall–Kier alpha value is -1.97. The number of pyridine rings is 1. The van der Waals surface area contributed by atoms with Crippen LogP contribution in [-0.4, -0.2) is 65.6 Å². The summed E-state index contributed by atoms with van der Waals surface area (Å²) >= 11 is 0. The van der Waals surface area contributed by atoms with E-state index in [1.807, 2.05) is 25.4 Å². The van der Waals surface area contributed by atoms with Crippen LogP contribution in [0.2, 0.25) is 0 Å². The van der Waals surface area contributed by atoms with Gasteiger partial charge in [0.1, 0.15) is 0 Å². The maximum atomic E-state index is 4.41. The molecule has 134 valence electrons. The summed E-state index contributed by atoms with van der Waals surface area (Å²) in [5.74, 6) is 1.75. The highest BCUT2D eigenvalue weighted by Crippen LogP contribution is 2.09. The molecule has 0 atom stereocenters. The number of aliphatic imine (C=N–C) groups is 1. The SMILES string of the molecule is CN=C(NCCc1cccnc1)N1CCN(c2ncccn2)CC1.I. The number of anilines is 1. The highest BCUT2D eigenvalue weighted by molar-refractivity contribution is 14.0. The van der Waals surface area contributed by atoms with Gasteiger partial charge in [-0.1, -0.05) is 6.07 Å². The Kier molecular flexibility index (Phi) is 7.83. The van der Waals surface area contributed by atoms with Gasteiger partial charge < -0.3 is 15.1 Å². The first-order valence-electron chi connectivity index (χ1n) is 8.23. The standard InChI is InChI=1S/C17H23N7.HI/c1-18-16(22-9-5-15-4-2-6-19-14-15)23-10-12-24(13-11-23)17-20-7-3-8-21-17;/h2-4,6-8,14H,5,9-13H2,1H3,(H,18,22);1H. The summed E-state index contributed by atoms with van der Waals surface area (Å²) in [7, 11) is 1.83. The van der Waals surface area contributed by atoms with E-state index in [2.05, 4.69) is 41.1 Å². The Morgan fingerprint density at radius 1 is 1.12 bits per heavy atom. The summed E-state index contributed by atoms with van der Waals surface area (Å²) in [5.41, 5.74) is 1.23. The molecule has 25 heavy (non-hydrogen) atoms. The lowest BCUT2D eigenvalue weighted by Crippen LogP contribution is -2.53. The number of nitrogens with zero attached hydrogens (tertiary/aromatic N) is 6. The lowest BCUT2D eigenvalue weighted by atomic mass is 10.2. The molecule has 0 spiro atoms. The zero-order valence-corrected chi connectivity index (χ0v) is 16.7. The number of rotatable bonds is 4. The van der Waals surface area contributed by atoms with Crippen molar-refractivity contribution >= 4 is 35.9 Å². The van der Waals surface area contributed by atoms with Crippen LogP contribution in [0.25, 0.3) is 0 Å². The van der Waals surface area contributed by atoms with Gasteiger partial charge in [-0.25, -0.2) is 9.97 Å². The molecule has 0 radical (unpaired) electrons. The molecule has 0 saturated carbocycles. The van der Waals surface area contributed by atoms with Gasteiger partial charge in [-0.05, 0) is 24.1 Å². The van der Waals surface area contributed by atoms with Gasteiger partial charge in [0, 0.05) is 64.6 Å². The van der Waals surface area contributed by atoms with E-state index in [4.69, 9.17) is 0 Å². The van der Waals surface area contributed by atoms with Crippen LogP contribution in [0.1, 0.15) is 5.56 Å². The van der Waals surface area contributed by atoms with Crippen LogP contribution >= 0.6 is 24.0 Å². The van der Waals surface area contributed by atoms with Gasteiger partial charge in [-0.15, -0.1) is 24.0 Å². The van der Waals surface area contributed by atoms with Crippen LogP contribution in [-0.2, 0) is 6.42 Å². The zero-order chi connectivity index (χ0) is 16.6. The lowest BCUT2D eigenvalue weighted by molar-refractivity contribution is 0.370. The van der Waals surface area contributed by atoms with E-state index < -0.39 is 0 Å². The average molecular weight is 453 g/mol. The molecular weight excluding hydrogens is 429 g/mol. The van der Waals surface area contributed by atoms with E-state index in [1.54, 1.807) is 18.6 Å². The number of halogens is 1. The number of guanidine groups is 1. The second kappa shape index (κ2) is 10.1. The van der Waals surface area contributed by atoms with E-state index in [0.717, 1.165) is 51.1 Å². The van der Waals surface area contributed by atoms with Gasteiger partial charge in [0.15, 0.2) is 5.96 Å². The Bertz CT molecular complexity index is 643. The van der Waals surface area contributed by atoms with Crippen LogP contribution in [0, 0.1) is 0 Å². The summed E-state index contributed by atoms with van der Waals surface area (Å²) in [6.45, 7) is 4.46. The largest absolute Gasteiger partial charge is 0.356 e. The van der Waals surface area contributed by atoms with Crippen molar-refractivity contribution in [1.82, 2.24) is 25.2 Å². The molecule has 0 amide bonds. The van der Waals surface area contributed by atoms with E-state index in [-0.39, 0.29) is 24.0 Å². The normalized spacial score (nSPS) is 14.8. The van der Waals surface area contributed by atoms with Gasteiger partial charge in [0.2, 0.25) is 5.95 Å². The first-order chi connectivity index (χ1) is 11.9. The Labute approximate surface area is 165 Å². The number of aromatic nitrogens is 3. The molecule has 1 saturated heterocycles. The topological polar surface area (TPSA) is 69.5 Å². The predicted octanol–water partition coefficient (Wildman–Crippen LogP) is 1.43. The lowest BCUT2D eigenvalue weighted by Gasteiger charge is -2.36. The fourth-order valence-electron chi connectivity index (χ4n) is 2.77. The third-order valence-corrected chi connectivity index (χ3v) is 4.05. The number of hydrogen-bond acceptors (Lipinski definition) is 5. The molecule has 0 unspecified atom stereocenters. The van der Waals surface area contributed by atoms with Gasteiger partial charge in [0.25, 0.3) is 0 Å². The molecule has 3 heterocycles. The molecule has 1 fully saturated rings. The van der Waals surface area contributed by atoms with Crippen molar-refractivity contribution in [1.29, 1.82) is 0 Å². The second-order valence-electron chi connectivity index (χ2n) is 5.61. The molecular formula is C17H24IN7. The summed E-state index contributed by atoms with van der Waals surface area (Å²) in [4.78, 5) is 21.7. The Morgan fingerprint density at radius 2 is 1.88 bits per heavy atom. The van der Waals surface area contributed by atoms with Gasteiger partial charge in [0.05, 0.1) is 0 Å². The molecule has 1 aliphatic heterocycles. The van der Waals surface area contributed by atoms with Gasteiger partial charge >= 0.3 is 0 Å². The molecule has 2 aromatic rings. The number of hydrogen-bond donors (Lipinski definition) is 1. The molecule has 7 nitrogen and oxygen atoms in total. The summed E-state index contributed by atoms with van der Waals surface area (Å²) < 4.78 is 0. The highest BCUT2D eigenvalue weighted by atomic mass is 127.